The highest BCUT2D eigenvalue weighted by molar-refractivity contribution is 5.83. The van der Waals surface area contributed by atoms with E-state index < -0.39 is 17.8 Å². The van der Waals surface area contributed by atoms with Crippen LogP contribution in [-0.2, 0) is 14.3 Å². The second-order valence-electron chi connectivity index (χ2n) is 6.28. The van der Waals surface area contributed by atoms with Crippen molar-refractivity contribution in [3.63, 3.8) is 0 Å². The third kappa shape index (κ3) is 2.35. The number of fused-ring (bicyclic) bond motifs is 2. The van der Waals surface area contributed by atoms with Crippen LogP contribution in [0.2, 0.25) is 0 Å². The van der Waals surface area contributed by atoms with Crippen molar-refractivity contribution in [1.82, 2.24) is 4.90 Å². The average Bonchev–Trinajstić information content (AvgIpc) is 3.01. The lowest BCUT2D eigenvalue weighted by Crippen LogP contribution is -2.39. The van der Waals surface area contributed by atoms with Gasteiger partial charge in [-0.2, -0.15) is 0 Å². The zero-order valence-corrected chi connectivity index (χ0v) is 11.7. The molecule has 20 heavy (non-hydrogen) atoms. The molecule has 2 aliphatic carbocycles. The van der Waals surface area contributed by atoms with E-state index in [1.54, 1.807) is 0 Å². The Labute approximate surface area is 118 Å². The van der Waals surface area contributed by atoms with Gasteiger partial charge in [0, 0.05) is 13.1 Å². The van der Waals surface area contributed by atoms with E-state index in [2.05, 4.69) is 11.9 Å². The van der Waals surface area contributed by atoms with Gasteiger partial charge in [0.2, 0.25) is 0 Å². The third-order valence-corrected chi connectivity index (χ3v) is 4.96. The first kappa shape index (κ1) is 13.6. The first-order chi connectivity index (χ1) is 9.56. The zero-order chi connectivity index (χ0) is 14.3. The van der Waals surface area contributed by atoms with Crippen LogP contribution in [0, 0.1) is 23.7 Å². The maximum Gasteiger partial charge on any atom is 0.310 e. The molecule has 0 spiro atoms. The Morgan fingerprint density at radius 1 is 1.15 bits per heavy atom. The van der Waals surface area contributed by atoms with E-state index in [-0.39, 0.29) is 23.9 Å². The maximum absolute atomic E-state index is 12.4. The lowest BCUT2D eigenvalue weighted by Gasteiger charge is -2.31. The lowest BCUT2D eigenvalue weighted by atomic mass is 9.83. The molecule has 3 aliphatic rings. The van der Waals surface area contributed by atoms with Crippen molar-refractivity contribution >= 4 is 11.9 Å². The van der Waals surface area contributed by atoms with Crippen LogP contribution >= 0.6 is 0 Å². The minimum atomic E-state index is -0.868. The molecule has 0 aromatic carbocycles. The number of ether oxygens (including phenoxy) is 1. The SMILES string of the molecule is CN1CCC(OC(=O)[C@@H]2[C@@H](C(=O)O)[C@H]3C=C[C@H]2C3)CC1. The molecule has 3 rings (SSSR count). The number of hydrogen-bond donors (Lipinski definition) is 1. The van der Waals surface area contributed by atoms with Crippen molar-refractivity contribution in [2.75, 3.05) is 20.1 Å². The summed E-state index contributed by atoms with van der Waals surface area (Å²) in [4.78, 5) is 26.0. The quantitative estimate of drug-likeness (QED) is 0.620. The number of allylic oxidation sites excluding steroid dienone is 2. The van der Waals surface area contributed by atoms with Gasteiger partial charge in [-0.1, -0.05) is 12.2 Å². The number of hydrogen-bond acceptors (Lipinski definition) is 4. The maximum atomic E-state index is 12.4. The van der Waals surface area contributed by atoms with Crippen molar-refractivity contribution in [3.8, 4) is 0 Å². The number of esters is 1. The molecular formula is C15H21NO4. The van der Waals surface area contributed by atoms with Crippen LogP contribution in [-0.4, -0.2) is 48.2 Å². The summed E-state index contributed by atoms with van der Waals surface area (Å²) in [7, 11) is 2.05. The molecule has 110 valence electrons. The summed E-state index contributed by atoms with van der Waals surface area (Å²) in [6.07, 6.45) is 6.36. The van der Waals surface area contributed by atoms with Crippen molar-refractivity contribution < 1.29 is 19.4 Å². The van der Waals surface area contributed by atoms with Crippen molar-refractivity contribution in [2.24, 2.45) is 23.7 Å². The number of piperidine rings is 1. The topological polar surface area (TPSA) is 66.8 Å². The smallest absolute Gasteiger partial charge is 0.310 e. The Hall–Kier alpha value is -1.36. The molecule has 0 radical (unpaired) electrons. The normalized spacial score (nSPS) is 37.2. The number of nitrogens with zero attached hydrogens (tertiary/aromatic N) is 1. The van der Waals surface area contributed by atoms with E-state index in [1.807, 2.05) is 12.2 Å². The van der Waals surface area contributed by atoms with Crippen LogP contribution in [0.4, 0.5) is 0 Å². The van der Waals surface area contributed by atoms with E-state index in [4.69, 9.17) is 4.74 Å². The third-order valence-electron chi connectivity index (χ3n) is 4.96. The van der Waals surface area contributed by atoms with E-state index in [1.165, 1.54) is 0 Å². The highest BCUT2D eigenvalue weighted by Gasteiger charge is 2.52. The molecule has 0 unspecified atom stereocenters. The Morgan fingerprint density at radius 3 is 2.35 bits per heavy atom. The van der Waals surface area contributed by atoms with Gasteiger partial charge in [0.15, 0.2) is 0 Å². The predicted molar refractivity (Wildman–Crippen MR) is 72.0 cm³/mol. The summed E-state index contributed by atoms with van der Waals surface area (Å²) in [6.45, 7) is 1.86. The van der Waals surface area contributed by atoms with Crippen LogP contribution < -0.4 is 0 Å². The van der Waals surface area contributed by atoms with Gasteiger partial charge < -0.3 is 14.7 Å². The molecule has 4 atom stereocenters. The van der Waals surface area contributed by atoms with Gasteiger partial charge >= 0.3 is 11.9 Å². The minimum Gasteiger partial charge on any atom is -0.481 e. The summed E-state index contributed by atoms with van der Waals surface area (Å²) < 4.78 is 5.59. The Balaban J connectivity index is 1.64. The summed E-state index contributed by atoms with van der Waals surface area (Å²) in [6, 6.07) is 0. The zero-order valence-electron chi connectivity index (χ0n) is 11.7. The van der Waals surface area contributed by atoms with Crippen LogP contribution in [0.3, 0.4) is 0 Å². The van der Waals surface area contributed by atoms with E-state index in [0.717, 1.165) is 32.4 Å². The highest BCUT2D eigenvalue weighted by atomic mass is 16.5. The van der Waals surface area contributed by atoms with Gasteiger partial charge in [0.05, 0.1) is 11.8 Å². The standard InChI is InChI=1S/C15H21NO4/c1-16-6-4-11(5-7-16)20-15(19)13-10-3-2-9(8-10)12(13)14(17)18/h2-3,9-13H,4-8H2,1H3,(H,17,18)/t9-,10-,12-,13-/m0/s1. The second kappa shape index (κ2) is 5.20. The fourth-order valence-corrected chi connectivity index (χ4v) is 3.83. The lowest BCUT2D eigenvalue weighted by molar-refractivity contribution is -0.164. The first-order valence-corrected chi connectivity index (χ1v) is 7.36. The number of likely N-dealkylation sites (tertiary alicyclic amines) is 1. The molecule has 2 bridgehead atoms. The Morgan fingerprint density at radius 2 is 1.75 bits per heavy atom. The summed E-state index contributed by atoms with van der Waals surface area (Å²) in [5.41, 5.74) is 0. The van der Waals surface area contributed by atoms with Crippen LogP contribution in [0.25, 0.3) is 0 Å². The van der Waals surface area contributed by atoms with Crippen molar-refractivity contribution in [1.29, 1.82) is 0 Å². The minimum absolute atomic E-state index is 0.00698. The van der Waals surface area contributed by atoms with Crippen LogP contribution in [0.5, 0.6) is 0 Å². The fourth-order valence-electron chi connectivity index (χ4n) is 3.83. The summed E-state index contributed by atoms with van der Waals surface area (Å²) in [5.74, 6) is -2.19. The number of aliphatic carboxylic acids is 1. The number of carbonyl (C=O) groups excluding carboxylic acids is 1. The largest absolute Gasteiger partial charge is 0.481 e. The Bertz CT molecular complexity index is 439. The molecule has 1 heterocycles. The van der Waals surface area contributed by atoms with Gasteiger partial charge in [-0.05, 0) is 38.1 Å². The summed E-state index contributed by atoms with van der Waals surface area (Å²) >= 11 is 0. The molecule has 2 fully saturated rings. The molecule has 0 amide bonds. The van der Waals surface area contributed by atoms with Gasteiger partial charge in [-0.25, -0.2) is 0 Å². The Kier molecular flexibility index (Phi) is 3.54. The molecule has 1 aliphatic heterocycles. The molecule has 1 N–H and O–H groups in total. The van der Waals surface area contributed by atoms with Crippen LogP contribution in [0.15, 0.2) is 12.2 Å². The average molecular weight is 279 g/mol. The molecule has 5 heteroatoms. The molecule has 0 aromatic rings. The van der Waals surface area contributed by atoms with Gasteiger partial charge in [-0.15, -0.1) is 0 Å². The highest BCUT2D eigenvalue weighted by Crippen LogP contribution is 2.48. The molecular weight excluding hydrogens is 258 g/mol. The van der Waals surface area contributed by atoms with Gasteiger partial charge in [0.1, 0.15) is 6.10 Å². The van der Waals surface area contributed by atoms with Gasteiger partial charge in [0.25, 0.3) is 0 Å². The van der Waals surface area contributed by atoms with Crippen LogP contribution in [0.1, 0.15) is 19.3 Å². The molecule has 1 saturated carbocycles. The number of carboxylic acid groups (broad SMARTS) is 1. The summed E-state index contributed by atoms with van der Waals surface area (Å²) in [5, 5.41) is 9.35. The van der Waals surface area contributed by atoms with Crippen molar-refractivity contribution in [2.45, 2.75) is 25.4 Å². The number of rotatable bonds is 3. The second-order valence-corrected chi connectivity index (χ2v) is 6.28. The molecule has 5 nitrogen and oxygen atoms in total. The molecule has 1 saturated heterocycles. The monoisotopic (exact) mass is 279 g/mol. The fraction of sp³-hybridized carbons (Fsp3) is 0.733. The predicted octanol–water partition coefficient (Wildman–Crippen LogP) is 1.15. The van der Waals surface area contributed by atoms with Crippen molar-refractivity contribution in [3.05, 3.63) is 12.2 Å². The first-order valence-electron chi connectivity index (χ1n) is 7.36. The number of carbonyl (C=O) groups is 2. The van der Waals surface area contributed by atoms with E-state index >= 15 is 0 Å². The van der Waals surface area contributed by atoms with E-state index in [0.29, 0.717) is 0 Å². The number of carboxylic acids is 1. The van der Waals surface area contributed by atoms with E-state index in [9.17, 15) is 14.7 Å². The molecule has 0 aromatic heterocycles. The van der Waals surface area contributed by atoms with Gasteiger partial charge in [-0.3, -0.25) is 9.59 Å².